The van der Waals surface area contributed by atoms with Gasteiger partial charge in [0.25, 0.3) is 0 Å². The van der Waals surface area contributed by atoms with Crippen molar-refractivity contribution in [1.82, 2.24) is 0 Å². The number of nitrogens with zero attached hydrogens (tertiary/aromatic N) is 1. The average Bonchev–Trinajstić information content (AvgIpc) is 3.59. The highest BCUT2D eigenvalue weighted by molar-refractivity contribution is 5.93. The summed E-state index contributed by atoms with van der Waals surface area (Å²) >= 11 is 0. The summed E-state index contributed by atoms with van der Waals surface area (Å²) in [6.07, 6.45) is 6.22. The van der Waals surface area contributed by atoms with Crippen LogP contribution in [-0.2, 0) is 14.3 Å². The number of benzene rings is 1. The van der Waals surface area contributed by atoms with Crippen molar-refractivity contribution in [3.05, 3.63) is 52.6 Å². The lowest BCUT2D eigenvalue weighted by atomic mass is 9.48. The van der Waals surface area contributed by atoms with Gasteiger partial charge in [-0.1, -0.05) is 36.5 Å². The molecule has 6 atom stereocenters. The van der Waals surface area contributed by atoms with Crippen LogP contribution in [0.5, 0.6) is 0 Å². The molecule has 5 aliphatic rings. The number of Topliss-reactive ketones (excluding diaryl/α,β-unsaturated/α-hetero) is 1. The highest BCUT2D eigenvalue weighted by Gasteiger charge is 2.66. The summed E-state index contributed by atoms with van der Waals surface area (Å²) in [6, 6.07) is 8.86. The largest absolute Gasteiger partial charge is 0.384 e. The van der Waals surface area contributed by atoms with Crippen LogP contribution >= 0.6 is 0 Å². The van der Waals surface area contributed by atoms with Crippen LogP contribution in [-0.4, -0.2) is 56.3 Å². The second-order valence-electron chi connectivity index (χ2n) is 12.6. The van der Waals surface area contributed by atoms with Gasteiger partial charge in [0.2, 0.25) is 0 Å². The smallest absolute Gasteiger partial charge is 0.176 e. The van der Waals surface area contributed by atoms with E-state index in [1.165, 1.54) is 36.8 Å². The van der Waals surface area contributed by atoms with Crippen LogP contribution < -0.4 is 4.90 Å². The molecule has 4 aliphatic carbocycles. The Balaban J connectivity index is 1.50. The molecule has 5 nitrogen and oxygen atoms in total. The van der Waals surface area contributed by atoms with Gasteiger partial charge in [-0.3, -0.25) is 9.59 Å². The molecule has 0 aromatic heterocycles. The van der Waals surface area contributed by atoms with Crippen LogP contribution in [0.1, 0.15) is 69.8 Å². The number of methoxy groups -OCH3 is 1. The predicted molar refractivity (Wildman–Crippen MR) is 153 cm³/mol. The molecule has 3 fully saturated rings. The van der Waals surface area contributed by atoms with Crippen LogP contribution in [0.2, 0.25) is 0 Å². The summed E-state index contributed by atoms with van der Waals surface area (Å²) in [6.45, 7) is 4.00. The molecule has 1 heterocycles. The summed E-state index contributed by atoms with van der Waals surface area (Å²) in [5, 5.41) is 9.64. The fourth-order valence-corrected chi connectivity index (χ4v) is 9.03. The van der Waals surface area contributed by atoms with E-state index in [-0.39, 0.29) is 42.5 Å². The number of alkyl halides is 1. The Bertz CT molecular complexity index is 1310. The van der Waals surface area contributed by atoms with Gasteiger partial charge >= 0.3 is 0 Å². The Kier molecular flexibility index (Phi) is 7.25. The number of aliphatic hydroxyl groups excluding tert-OH is 1. The first kappa shape index (κ1) is 27.4. The van der Waals surface area contributed by atoms with Gasteiger partial charge in [-0.25, -0.2) is 4.39 Å². The second kappa shape index (κ2) is 10.6. The van der Waals surface area contributed by atoms with Crippen LogP contribution in [0.4, 0.5) is 10.1 Å². The van der Waals surface area contributed by atoms with Crippen molar-refractivity contribution in [3.63, 3.8) is 0 Å². The third kappa shape index (κ3) is 4.20. The van der Waals surface area contributed by atoms with Gasteiger partial charge in [0, 0.05) is 38.2 Å². The van der Waals surface area contributed by atoms with Crippen LogP contribution in [0.15, 0.2) is 47.1 Å². The molecular weight excluding hydrogens is 505 g/mol. The van der Waals surface area contributed by atoms with Crippen LogP contribution in [0.3, 0.4) is 0 Å². The van der Waals surface area contributed by atoms with Crippen LogP contribution in [0.25, 0.3) is 0 Å². The zero-order valence-electron chi connectivity index (χ0n) is 23.7. The monoisotopic (exact) mass is 545 g/mol. The van der Waals surface area contributed by atoms with Crippen molar-refractivity contribution >= 4 is 17.3 Å². The lowest BCUT2D eigenvalue weighted by Crippen LogP contribution is -2.52. The number of ether oxygens (including phenoxy) is 1. The summed E-state index contributed by atoms with van der Waals surface area (Å²) in [7, 11) is 1.53. The van der Waals surface area contributed by atoms with E-state index in [4.69, 9.17) is 4.74 Å². The first-order chi connectivity index (χ1) is 19.3. The Morgan fingerprint density at radius 2 is 1.95 bits per heavy atom. The molecule has 1 aliphatic heterocycles. The maximum atomic E-state index is 15.9. The zero-order valence-corrected chi connectivity index (χ0v) is 23.7. The van der Waals surface area contributed by atoms with Crippen molar-refractivity contribution in [3.8, 4) is 11.8 Å². The van der Waals surface area contributed by atoms with Crippen molar-refractivity contribution in [1.29, 1.82) is 0 Å². The third-order valence-corrected chi connectivity index (χ3v) is 10.8. The average molecular weight is 546 g/mol. The van der Waals surface area contributed by atoms with E-state index in [1.54, 1.807) is 6.08 Å². The Morgan fingerprint density at radius 3 is 2.65 bits per heavy atom. The van der Waals surface area contributed by atoms with Gasteiger partial charge in [-0.05, 0) is 97.1 Å². The quantitative estimate of drug-likeness (QED) is 0.507. The van der Waals surface area contributed by atoms with Crippen molar-refractivity contribution in [2.45, 2.75) is 70.4 Å². The maximum absolute atomic E-state index is 15.9. The predicted octanol–water partition coefficient (Wildman–Crippen LogP) is 5.33. The minimum absolute atomic E-state index is 0.00160. The summed E-state index contributed by atoms with van der Waals surface area (Å²) in [4.78, 5) is 28.6. The number of anilines is 1. The molecule has 1 saturated heterocycles. The lowest BCUT2D eigenvalue weighted by molar-refractivity contribution is -0.136. The van der Waals surface area contributed by atoms with E-state index < -0.39 is 17.0 Å². The van der Waals surface area contributed by atoms with E-state index in [0.29, 0.717) is 37.7 Å². The lowest BCUT2D eigenvalue weighted by Gasteiger charge is -2.55. The summed E-state index contributed by atoms with van der Waals surface area (Å²) < 4.78 is 21.2. The van der Waals surface area contributed by atoms with E-state index in [1.807, 2.05) is 0 Å². The number of halogens is 1. The molecule has 1 aromatic carbocycles. The van der Waals surface area contributed by atoms with E-state index >= 15 is 4.39 Å². The number of aliphatic hydroxyl groups is 1. The molecule has 212 valence electrons. The molecule has 6 rings (SSSR count). The fourth-order valence-electron chi connectivity index (χ4n) is 9.03. The minimum Gasteiger partial charge on any atom is -0.384 e. The number of fused-ring (bicyclic) bond motifs is 4. The van der Waals surface area contributed by atoms with Gasteiger partial charge in [0.1, 0.15) is 19.4 Å². The number of carbonyl (C=O) groups is 2. The molecule has 0 radical (unpaired) electrons. The van der Waals surface area contributed by atoms with Gasteiger partial charge in [0.05, 0.1) is 5.41 Å². The van der Waals surface area contributed by atoms with Gasteiger partial charge in [0.15, 0.2) is 11.6 Å². The van der Waals surface area contributed by atoms with Crippen molar-refractivity contribution in [2.24, 2.45) is 22.7 Å². The first-order valence-corrected chi connectivity index (χ1v) is 14.9. The first-order valence-electron chi connectivity index (χ1n) is 14.9. The standard InChI is InChI=1S/C34H40FNO4/c1-33-20-28(22-6-8-23(9-7-22)36-15-3-4-16-36)32-25-11-10-24(38)18-26(25)30(35)19-27(32)29(33)12-14-34(33,13-5-17-37)31(39)21-40-2/h6-9,18,27-30,37H,3-4,10-12,14-17,19-21H2,1-2H3/t27-,28+,29-,30?,33-,34+/m0/s1. The number of rotatable bonds is 5. The number of hydrogen-bond acceptors (Lipinski definition) is 5. The molecule has 2 saturated carbocycles. The maximum Gasteiger partial charge on any atom is 0.176 e. The highest BCUT2D eigenvalue weighted by Crippen LogP contribution is 2.69. The molecule has 1 N–H and O–H groups in total. The molecule has 0 amide bonds. The molecule has 1 unspecified atom stereocenters. The number of allylic oxidation sites excluding steroid dienone is 4. The normalized spacial score (nSPS) is 35.0. The second-order valence-corrected chi connectivity index (χ2v) is 12.6. The van der Waals surface area contributed by atoms with Crippen LogP contribution in [0, 0.1) is 34.5 Å². The third-order valence-electron chi connectivity index (χ3n) is 10.8. The molecule has 0 spiro atoms. The van der Waals surface area contributed by atoms with Crippen molar-refractivity contribution < 1.29 is 23.8 Å². The molecule has 6 heteroatoms. The zero-order chi connectivity index (χ0) is 28.1. The summed E-state index contributed by atoms with van der Waals surface area (Å²) in [5.41, 5.74) is 3.86. The highest BCUT2D eigenvalue weighted by atomic mass is 19.1. The minimum atomic E-state index is -1.18. The Labute approximate surface area is 236 Å². The van der Waals surface area contributed by atoms with E-state index in [0.717, 1.165) is 25.1 Å². The Morgan fingerprint density at radius 1 is 1.20 bits per heavy atom. The molecule has 40 heavy (non-hydrogen) atoms. The van der Waals surface area contributed by atoms with E-state index in [2.05, 4.69) is 47.9 Å². The van der Waals surface area contributed by atoms with Gasteiger partial charge in [-0.15, -0.1) is 0 Å². The van der Waals surface area contributed by atoms with Gasteiger partial charge < -0.3 is 14.7 Å². The van der Waals surface area contributed by atoms with E-state index in [9.17, 15) is 14.7 Å². The topological polar surface area (TPSA) is 66.8 Å². The molecule has 1 aromatic rings. The molecule has 0 bridgehead atoms. The van der Waals surface area contributed by atoms with Crippen molar-refractivity contribution in [2.75, 3.05) is 38.3 Å². The number of hydrogen-bond donors (Lipinski definition) is 1. The number of carbonyl (C=O) groups excluding carboxylic acids is 2. The SMILES string of the molecule is COCC(=O)[C@@]1(C#CCO)CC[C@H]2[C@@H]3CC(F)C4=CC(=O)CCC4=C3[C@@H](c3ccc(N4CCCC4)cc3)C[C@@]21C. The van der Waals surface area contributed by atoms with Gasteiger partial charge in [-0.2, -0.15) is 0 Å². The Hall–Kier alpha value is -2.75. The molecular formula is C34H40FNO4. The fraction of sp³-hybridized carbons (Fsp3) is 0.588. The summed E-state index contributed by atoms with van der Waals surface area (Å²) in [5.74, 6) is 6.13. The number of ketones is 2.